The smallest absolute Gasteiger partial charge is 0.265 e. The van der Waals surface area contributed by atoms with Crippen LogP contribution in [0.5, 0.6) is 5.75 Å². The molecule has 1 N–H and O–H groups in total. The molecule has 0 aliphatic rings. The van der Waals surface area contributed by atoms with Gasteiger partial charge < -0.3 is 10.1 Å². The molecule has 23 heavy (non-hydrogen) atoms. The first-order valence-corrected chi connectivity index (χ1v) is 8.09. The van der Waals surface area contributed by atoms with E-state index in [0.29, 0.717) is 17.1 Å². The maximum Gasteiger partial charge on any atom is 0.265 e. The van der Waals surface area contributed by atoms with E-state index in [4.69, 9.17) is 16.3 Å². The molecule has 3 nitrogen and oxygen atoms in total. The van der Waals surface area contributed by atoms with Crippen molar-refractivity contribution in [1.29, 1.82) is 0 Å². The molecule has 4 heteroatoms. The van der Waals surface area contributed by atoms with Crippen molar-refractivity contribution in [1.82, 2.24) is 0 Å². The van der Waals surface area contributed by atoms with Crippen molar-refractivity contribution < 1.29 is 9.53 Å². The summed E-state index contributed by atoms with van der Waals surface area (Å²) in [7, 11) is 0. The number of ether oxygens (including phenoxy) is 1. The zero-order valence-corrected chi connectivity index (χ0v) is 14.7. The van der Waals surface area contributed by atoms with Gasteiger partial charge in [0.2, 0.25) is 0 Å². The van der Waals surface area contributed by atoms with E-state index in [1.165, 1.54) is 0 Å². The Morgan fingerprint density at radius 1 is 1.13 bits per heavy atom. The molecule has 0 heterocycles. The lowest BCUT2D eigenvalue weighted by molar-refractivity contribution is -0.122. The molecule has 1 atom stereocenters. The summed E-state index contributed by atoms with van der Waals surface area (Å²) in [4.78, 5) is 12.5. The Morgan fingerprint density at radius 2 is 1.83 bits per heavy atom. The average Bonchev–Trinajstić information content (AvgIpc) is 2.51. The lowest BCUT2D eigenvalue weighted by Gasteiger charge is -2.19. The first kappa shape index (κ1) is 17.4. The van der Waals surface area contributed by atoms with Gasteiger partial charge in [-0.1, -0.05) is 36.7 Å². The molecule has 2 aromatic rings. The predicted octanol–water partition coefficient (Wildman–Crippen LogP) is 5.06. The summed E-state index contributed by atoms with van der Waals surface area (Å²) in [6.07, 6.45) is 0.0348. The second-order valence-electron chi connectivity index (χ2n) is 5.73. The normalized spacial score (nSPS) is 11.9. The van der Waals surface area contributed by atoms with Gasteiger partial charge in [-0.05, 0) is 62.1 Å². The van der Waals surface area contributed by atoms with E-state index in [9.17, 15) is 4.79 Å². The van der Waals surface area contributed by atoms with Crippen molar-refractivity contribution in [2.45, 2.75) is 40.2 Å². The fourth-order valence-corrected chi connectivity index (χ4v) is 2.42. The van der Waals surface area contributed by atoms with Crippen LogP contribution in [0.2, 0.25) is 5.02 Å². The highest BCUT2D eigenvalue weighted by atomic mass is 35.5. The standard InChI is InChI=1S/C19H22ClNO2/c1-5-17(23-18-10-12(2)6-7-14(18)4)19(22)21-16-11-15(20)9-8-13(16)3/h6-11,17H,5H2,1-4H3,(H,21,22)/t17-/m0/s1. The number of amides is 1. The second kappa shape index (κ2) is 7.51. The fraction of sp³-hybridized carbons (Fsp3) is 0.316. The molecule has 0 unspecified atom stereocenters. The highest BCUT2D eigenvalue weighted by Crippen LogP contribution is 2.23. The van der Waals surface area contributed by atoms with Crippen LogP contribution in [0.15, 0.2) is 36.4 Å². The van der Waals surface area contributed by atoms with Gasteiger partial charge in [-0.2, -0.15) is 0 Å². The van der Waals surface area contributed by atoms with E-state index in [1.807, 2.05) is 52.0 Å². The van der Waals surface area contributed by atoms with Gasteiger partial charge in [0.1, 0.15) is 5.75 Å². The lowest BCUT2D eigenvalue weighted by atomic mass is 10.1. The molecule has 2 rings (SSSR count). The second-order valence-corrected chi connectivity index (χ2v) is 6.17. The summed E-state index contributed by atoms with van der Waals surface area (Å²) in [6.45, 7) is 7.84. The first-order chi connectivity index (χ1) is 10.9. The van der Waals surface area contributed by atoms with Gasteiger partial charge in [0.05, 0.1) is 0 Å². The summed E-state index contributed by atoms with van der Waals surface area (Å²) >= 11 is 6.00. The van der Waals surface area contributed by atoms with Crippen LogP contribution >= 0.6 is 11.6 Å². The van der Waals surface area contributed by atoms with Gasteiger partial charge in [0, 0.05) is 10.7 Å². The molecule has 0 spiro atoms. The zero-order chi connectivity index (χ0) is 17.0. The van der Waals surface area contributed by atoms with E-state index in [1.54, 1.807) is 12.1 Å². The van der Waals surface area contributed by atoms with Gasteiger partial charge in [-0.15, -0.1) is 0 Å². The highest BCUT2D eigenvalue weighted by Gasteiger charge is 2.20. The number of halogens is 1. The molecule has 0 aliphatic heterocycles. The number of aryl methyl sites for hydroxylation is 3. The largest absolute Gasteiger partial charge is 0.480 e. The Bertz CT molecular complexity index is 713. The van der Waals surface area contributed by atoms with Crippen LogP contribution in [0, 0.1) is 20.8 Å². The molecule has 0 saturated heterocycles. The minimum absolute atomic E-state index is 0.168. The molecule has 0 aromatic heterocycles. The van der Waals surface area contributed by atoms with E-state index in [2.05, 4.69) is 5.32 Å². The van der Waals surface area contributed by atoms with Crippen molar-refractivity contribution in [2.24, 2.45) is 0 Å². The molecular formula is C19H22ClNO2. The quantitative estimate of drug-likeness (QED) is 0.831. The van der Waals surface area contributed by atoms with Crippen molar-refractivity contribution >= 4 is 23.2 Å². The van der Waals surface area contributed by atoms with Crippen molar-refractivity contribution in [2.75, 3.05) is 5.32 Å². The third-order valence-corrected chi connectivity index (χ3v) is 3.97. The molecule has 0 bridgehead atoms. The molecule has 1 amide bonds. The summed E-state index contributed by atoms with van der Waals surface area (Å²) in [5, 5.41) is 3.50. The number of benzene rings is 2. The van der Waals surface area contributed by atoms with Gasteiger partial charge >= 0.3 is 0 Å². The SMILES string of the molecule is CC[C@H](Oc1cc(C)ccc1C)C(=O)Nc1cc(Cl)ccc1C. The maximum atomic E-state index is 12.5. The van der Waals surface area contributed by atoms with Crippen LogP contribution in [0.4, 0.5) is 5.69 Å². The first-order valence-electron chi connectivity index (χ1n) is 7.71. The maximum absolute atomic E-state index is 12.5. The number of carbonyl (C=O) groups is 1. The molecule has 0 aliphatic carbocycles. The number of carbonyl (C=O) groups excluding carboxylic acids is 1. The zero-order valence-electron chi connectivity index (χ0n) is 13.9. The number of hydrogen-bond acceptors (Lipinski definition) is 2. The Morgan fingerprint density at radius 3 is 2.52 bits per heavy atom. The Balaban J connectivity index is 2.15. The van der Waals surface area contributed by atoms with Crippen LogP contribution in [0.3, 0.4) is 0 Å². The van der Waals surface area contributed by atoms with E-state index >= 15 is 0 Å². The molecule has 0 radical (unpaired) electrons. The topological polar surface area (TPSA) is 38.3 Å². The van der Waals surface area contributed by atoms with Crippen LogP contribution in [-0.4, -0.2) is 12.0 Å². The van der Waals surface area contributed by atoms with Crippen LogP contribution in [0.25, 0.3) is 0 Å². The summed E-state index contributed by atoms with van der Waals surface area (Å²) in [5.41, 5.74) is 3.79. The summed E-state index contributed by atoms with van der Waals surface area (Å²) in [5.74, 6) is 0.577. The van der Waals surface area contributed by atoms with Gasteiger partial charge in [-0.3, -0.25) is 4.79 Å². The third-order valence-electron chi connectivity index (χ3n) is 3.73. The fourth-order valence-electron chi connectivity index (χ4n) is 2.25. The van der Waals surface area contributed by atoms with Crippen molar-refractivity contribution in [3.8, 4) is 5.75 Å². The van der Waals surface area contributed by atoms with Gasteiger partial charge in [0.25, 0.3) is 5.91 Å². The Hall–Kier alpha value is -2.00. The molecule has 0 fully saturated rings. The number of hydrogen-bond donors (Lipinski definition) is 1. The molecule has 0 saturated carbocycles. The van der Waals surface area contributed by atoms with Crippen LogP contribution in [-0.2, 0) is 4.79 Å². The molecule has 2 aromatic carbocycles. The Kier molecular flexibility index (Phi) is 5.67. The monoisotopic (exact) mass is 331 g/mol. The van der Waals surface area contributed by atoms with E-state index < -0.39 is 6.10 Å². The van der Waals surface area contributed by atoms with Crippen molar-refractivity contribution in [3.63, 3.8) is 0 Å². The van der Waals surface area contributed by atoms with Crippen molar-refractivity contribution in [3.05, 3.63) is 58.1 Å². The highest BCUT2D eigenvalue weighted by molar-refractivity contribution is 6.31. The van der Waals surface area contributed by atoms with Crippen LogP contribution < -0.4 is 10.1 Å². The minimum Gasteiger partial charge on any atom is -0.480 e. The van der Waals surface area contributed by atoms with Gasteiger partial charge in [0.15, 0.2) is 6.10 Å². The molecular weight excluding hydrogens is 310 g/mol. The predicted molar refractivity (Wildman–Crippen MR) is 95.4 cm³/mol. The Labute approximate surface area is 142 Å². The van der Waals surface area contributed by atoms with Crippen LogP contribution in [0.1, 0.15) is 30.0 Å². The number of rotatable bonds is 5. The average molecular weight is 332 g/mol. The van der Waals surface area contributed by atoms with Gasteiger partial charge in [-0.25, -0.2) is 0 Å². The third kappa shape index (κ3) is 4.49. The molecule has 122 valence electrons. The minimum atomic E-state index is -0.547. The number of anilines is 1. The summed E-state index contributed by atoms with van der Waals surface area (Å²) < 4.78 is 5.93. The van der Waals surface area contributed by atoms with E-state index in [-0.39, 0.29) is 5.91 Å². The summed E-state index contributed by atoms with van der Waals surface area (Å²) in [6, 6.07) is 11.4. The lowest BCUT2D eigenvalue weighted by Crippen LogP contribution is -2.32. The number of nitrogens with one attached hydrogen (secondary N) is 1. The van der Waals surface area contributed by atoms with E-state index in [0.717, 1.165) is 22.4 Å².